The van der Waals surface area contributed by atoms with E-state index in [4.69, 9.17) is 5.11 Å². The average Bonchev–Trinajstić information content (AvgIpc) is 2.26. The number of benzene rings is 1. The molecule has 0 radical (unpaired) electrons. The van der Waals surface area contributed by atoms with E-state index in [-0.39, 0.29) is 6.61 Å². The fourth-order valence-corrected chi connectivity index (χ4v) is 1.44. The molecule has 2 aromatic rings. The van der Waals surface area contributed by atoms with Crippen molar-refractivity contribution >= 4 is 16.6 Å². The number of para-hydroxylation sites is 1. The molecule has 0 aliphatic heterocycles. The van der Waals surface area contributed by atoms with Crippen LogP contribution in [0.15, 0.2) is 36.5 Å². The molecule has 3 nitrogen and oxygen atoms in total. The lowest BCUT2D eigenvalue weighted by Gasteiger charge is -2.07. The first-order chi connectivity index (χ1) is 6.92. The first-order valence-corrected chi connectivity index (χ1v) is 4.60. The van der Waals surface area contributed by atoms with E-state index in [0.29, 0.717) is 6.54 Å². The Morgan fingerprint density at radius 1 is 1.21 bits per heavy atom. The van der Waals surface area contributed by atoms with E-state index in [1.54, 1.807) is 6.20 Å². The lowest BCUT2D eigenvalue weighted by atomic mass is 10.2. The molecular weight excluding hydrogens is 176 g/mol. The molecule has 2 rings (SSSR count). The third kappa shape index (κ3) is 1.67. The van der Waals surface area contributed by atoms with Crippen LogP contribution in [0, 0.1) is 0 Å². The van der Waals surface area contributed by atoms with Gasteiger partial charge in [-0.3, -0.25) is 4.98 Å². The van der Waals surface area contributed by atoms with Crippen LogP contribution < -0.4 is 5.32 Å². The van der Waals surface area contributed by atoms with Crippen molar-refractivity contribution in [3.8, 4) is 0 Å². The van der Waals surface area contributed by atoms with Gasteiger partial charge in [0.1, 0.15) is 0 Å². The molecule has 0 aliphatic rings. The number of nitrogens with zero attached hydrogens (tertiary/aromatic N) is 1. The Morgan fingerprint density at radius 2 is 2.07 bits per heavy atom. The smallest absolute Gasteiger partial charge is 0.0722 e. The second-order valence-corrected chi connectivity index (χ2v) is 3.03. The molecule has 1 aromatic heterocycles. The number of rotatable bonds is 3. The maximum Gasteiger partial charge on any atom is 0.0722 e. The maximum absolute atomic E-state index is 8.72. The zero-order valence-electron chi connectivity index (χ0n) is 7.77. The minimum Gasteiger partial charge on any atom is -0.395 e. The molecule has 0 saturated heterocycles. The van der Waals surface area contributed by atoms with Crippen LogP contribution in [0.2, 0.25) is 0 Å². The number of hydrogen-bond acceptors (Lipinski definition) is 3. The zero-order valence-corrected chi connectivity index (χ0v) is 7.77. The molecule has 72 valence electrons. The summed E-state index contributed by atoms with van der Waals surface area (Å²) in [6, 6.07) is 9.85. The third-order valence-electron chi connectivity index (χ3n) is 2.08. The van der Waals surface area contributed by atoms with Crippen molar-refractivity contribution in [1.82, 2.24) is 4.98 Å². The number of hydrogen-bond donors (Lipinski definition) is 2. The summed E-state index contributed by atoms with van der Waals surface area (Å²) in [7, 11) is 0. The predicted octanol–water partition coefficient (Wildman–Crippen LogP) is 1.64. The fourth-order valence-electron chi connectivity index (χ4n) is 1.44. The van der Waals surface area contributed by atoms with Crippen molar-refractivity contribution in [2.24, 2.45) is 0 Å². The van der Waals surface area contributed by atoms with Gasteiger partial charge in [-0.15, -0.1) is 0 Å². The standard InChI is InChI=1S/C11H12N2O/c14-8-7-13-11-5-6-12-10-4-2-1-3-9(10)11/h1-6,14H,7-8H2,(H,12,13). The highest BCUT2D eigenvalue weighted by molar-refractivity contribution is 5.90. The Morgan fingerprint density at radius 3 is 2.93 bits per heavy atom. The van der Waals surface area contributed by atoms with E-state index in [0.717, 1.165) is 16.6 Å². The molecule has 1 heterocycles. The van der Waals surface area contributed by atoms with E-state index in [1.807, 2.05) is 30.3 Å². The van der Waals surface area contributed by atoms with Gasteiger partial charge in [-0.2, -0.15) is 0 Å². The van der Waals surface area contributed by atoms with Crippen LogP contribution in [0.25, 0.3) is 10.9 Å². The molecule has 3 heteroatoms. The second-order valence-electron chi connectivity index (χ2n) is 3.03. The molecule has 0 unspecified atom stereocenters. The Bertz CT molecular complexity index is 423. The Balaban J connectivity index is 2.43. The highest BCUT2D eigenvalue weighted by Gasteiger charge is 1.98. The van der Waals surface area contributed by atoms with E-state index in [1.165, 1.54) is 0 Å². The van der Waals surface area contributed by atoms with Crippen LogP contribution in [-0.4, -0.2) is 23.2 Å². The molecule has 0 atom stereocenters. The van der Waals surface area contributed by atoms with Crippen molar-refractivity contribution in [2.45, 2.75) is 0 Å². The van der Waals surface area contributed by atoms with Gasteiger partial charge in [-0.25, -0.2) is 0 Å². The number of pyridine rings is 1. The number of anilines is 1. The highest BCUT2D eigenvalue weighted by Crippen LogP contribution is 2.20. The zero-order chi connectivity index (χ0) is 9.80. The lowest BCUT2D eigenvalue weighted by molar-refractivity contribution is 0.311. The molecule has 0 aliphatic carbocycles. The van der Waals surface area contributed by atoms with E-state index in [9.17, 15) is 0 Å². The van der Waals surface area contributed by atoms with Gasteiger partial charge in [-0.05, 0) is 12.1 Å². The van der Waals surface area contributed by atoms with Crippen LogP contribution in [-0.2, 0) is 0 Å². The minimum atomic E-state index is 0.136. The van der Waals surface area contributed by atoms with Crippen LogP contribution >= 0.6 is 0 Å². The SMILES string of the molecule is OCCNc1ccnc2ccccc12. The summed E-state index contributed by atoms with van der Waals surface area (Å²) in [5, 5.41) is 13.0. The molecule has 14 heavy (non-hydrogen) atoms. The van der Waals surface area contributed by atoms with E-state index >= 15 is 0 Å². The topological polar surface area (TPSA) is 45.1 Å². The quantitative estimate of drug-likeness (QED) is 0.769. The Kier molecular flexibility index (Phi) is 2.60. The number of fused-ring (bicyclic) bond motifs is 1. The second kappa shape index (κ2) is 4.07. The summed E-state index contributed by atoms with van der Waals surface area (Å²) >= 11 is 0. The number of aromatic nitrogens is 1. The minimum absolute atomic E-state index is 0.136. The van der Waals surface area contributed by atoms with Crippen molar-refractivity contribution in [2.75, 3.05) is 18.5 Å². The van der Waals surface area contributed by atoms with Crippen molar-refractivity contribution in [3.05, 3.63) is 36.5 Å². The van der Waals surface area contributed by atoms with Gasteiger partial charge in [0.25, 0.3) is 0 Å². The summed E-state index contributed by atoms with van der Waals surface area (Å²) in [6.45, 7) is 0.699. The maximum atomic E-state index is 8.72. The lowest BCUT2D eigenvalue weighted by Crippen LogP contribution is -2.05. The highest BCUT2D eigenvalue weighted by atomic mass is 16.3. The molecule has 0 bridgehead atoms. The largest absolute Gasteiger partial charge is 0.395 e. The van der Waals surface area contributed by atoms with Gasteiger partial charge in [-0.1, -0.05) is 18.2 Å². The van der Waals surface area contributed by atoms with Crippen molar-refractivity contribution in [3.63, 3.8) is 0 Å². The average molecular weight is 188 g/mol. The summed E-state index contributed by atoms with van der Waals surface area (Å²) < 4.78 is 0. The van der Waals surface area contributed by atoms with Gasteiger partial charge < -0.3 is 10.4 Å². The predicted molar refractivity (Wildman–Crippen MR) is 57.3 cm³/mol. The van der Waals surface area contributed by atoms with Gasteiger partial charge in [0, 0.05) is 23.8 Å². The monoisotopic (exact) mass is 188 g/mol. The molecule has 0 amide bonds. The van der Waals surface area contributed by atoms with Crippen LogP contribution in [0.4, 0.5) is 5.69 Å². The first kappa shape index (κ1) is 8.97. The summed E-state index contributed by atoms with van der Waals surface area (Å²) in [5.41, 5.74) is 1.99. The normalized spacial score (nSPS) is 10.4. The Hall–Kier alpha value is -1.61. The van der Waals surface area contributed by atoms with Crippen molar-refractivity contribution in [1.29, 1.82) is 0 Å². The Labute approximate surface area is 82.4 Å². The summed E-state index contributed by atoms with van der Waals surface area (Å²) in [6.07, 6.45) is 1.77. The molecule has 0 spiro atoms. The number of aliphatic hydroxyl groups excluding tert-OH is 1. The summed E-state index contributed by atoms with van der Waals surface area (Å²) in [4.78, 5) is 4.25. The molecule has 1 aromatic carbocycles. The van der Waals surface area contributed by atoms with Gasteiger partial charge in [0.15, 0.2) is 0 Å². The van der Waals surface area contributed by atoms with Gasteiger partial charge >= 0.3 is 0 Å². The van der Waals surface area contributed by atoms with Gasteiger partial charge in [0.2, 0.25) is 0 Å². The first-order valence-electron chi connectivity index (χ1n) is 4.60. The summed E-state index contributed by atoms with van der Waals surface area (Å²) in [5.74, 6) is 0. The van der Waals surface area contributed by atoms with Gasteiger partial charge in [0.05, 0.1) is 12.1 Å². The molecule has 2 N–H and O–H groups in total. The van der Waals surface area contributed by atoms with Crippen LogP contribution in [0.1, 0.15) is 0 Å². The number of aliphatic hydroxyl groups is 1. The molecule has 0 fully saturated rings. The van der Waals surface area contributed by atoms with Crippen molar-refractivity contribution < 1.29 is 5.11 Å². The van der Waals surface area contributed by atoms with E-state index in [2.05, 4.69) is 10.3 Å². The molecule has 0 saturated carbocycles. The van der Waals surface area contributed by atoms with Crippen LogP contribution in [0.3, 0.4) is 0 Å². The third-order valence-corrected chi connectivity index (χ3v) is 2.08. The van der Waals surface area contributed by atoms with Crippen LogP contribution in [0.5, 0.6) is 0 Å². The van der Waals surface area contributed by atoms with E-state index < -0.39 is 0 Å². The number of nitrogens with one attached hydrogen (secondary N) is 1. The molecular formula is C11H12N2O. The fraction of sp³-hybridized carbons (Fsp3) is 0.182.